The lowest BCUT2D eigenvalue weighted by Gasteiger charge is -2.27. The molecule has 0 spiro atoms. The Labute approximate surface area is 151 Å². The van der Waals surface area contributed by atoms with Gasteiger partial charge in [-0.15, -0.1) is 0 Å². The fraction of sp³-hybridized carbons (Fsp3) is 0.250. The van der Waals surface area contributed by atoms with E-state index in [-0.39, 0.29) is 23.2 Å². The van der Waals surface area contributed by atoms with E-state index in [4.69, 9.17) is 9.52 Å². The Kier molecular flexibility index (Phi) is 5.02. The van der Waals surface area contributed by atoms with Crippen LogP contribution in [0.4, 0.5) is 0 Å². The van der Waals surface area contributed by atoms with Gasteiger partial charge in [0.25, 0.3) is 5.91 Å². The van der Waals surface area contributed by atoms with E-state index in [0.717, 1.165) is 17.4 Å². The first-order valence-corrected chi connectivity index (χ1v) is 8.50. The molecule has 1 N–H and O–H groups in total. The summed E-state index contributed by atoms with van der Waals surface area (Å²) in [5, 5.41) is 10.1. The summed E-state index contributed by atoms with van der Waals surface area (Å²) in [6.45, 7) is 4.38. The lowest BCUT2D eigenvalue weighted by atomic mass is 10.1. The van der Waals surface area contributed by atoms with Gasteiger partial charge in [0, 0.05) is 18.1 Å². The first kappa shape index (κ1) is 17.7. The minimum absolute atomic E-state index is 0.0381. The summed E-state index contributed by atoms with van der Waals surface area (Å²) in [4.78, 5) is 29.8. The van der Waals surface area contributed by atoms with Crippen LogP contribution in [0, 0.1) is 0 Å². The van der Waals surface area contributed by atoms with Gasteiger partial charge in [-0.3, -0.25) is 9.78 Å². The molecule has 0 aliphatic heterocycles. The second kappa shape index (κ2) is 7.39. The van der Waals surface area contributed by atoms with Crippen molar-refractivity contribution >= 4 is 22.8 Å². The maximum Gasteiger partial charge on any atom is 0.335 e. The molecule has 0 saturated heterocycles. The summed E-state index contributed by atoms with van der Waals surface area (Å²) in [7, 11) is 0. The number of hydrogen-bond donors (Lipinski definition) is 1. The first-order chi connectivity index (χ1) is 12.5. The average molecular weight is 352 g/mol. The average Bonchev–Trinajstić information content (AvgIpc) is 3.09. The number of para-hydroxylation sites is 1. The van der Waals surface area contributed by atoms with Crippen molar-refractivity contribution in [2.45, 2.75) is 26.3 Å². The van der Waals surface area contributed by atoms with Crippen LogP contribution in [0.1, 0.15) is 52.9 Å². The minimum atomic E-state index is -1.09. The highest BCUT2D eigenvalue weighted by Crippen LogP contribution is 2.28. The molecule has 0 radical (unpaired) electrons. The van der Waals surface area contributed by atoms with Gasteiger partial charge in [-0.2, -0.15) is 0 Å². The van der Waals surface area contributed by atoms with Crippen LogP contribution in [0.25, 0.3) is 11.0 Å². The Morgan fingerprint density at radius 2 is 2.00 bits per heavy atom. The van der Waals surface area contributed by atoms with Crippen molar-refractivity contribution in [3.8, 4) is 0 Å². The number of nitrogens with zero attached hydrogens (tertiary/aromatic N) is 2. The van der Waals surface area contributed by atoms with Crippen molar-refractivity contribution in [3.05, 3.63) is 65.7 Å². The monoisotopic (exact) mass is 352 g/mol. The van der Waals surface area contributed by atoms with Crippen LogP contribution < -0.4 is 0 Å². The van der Waals surface area contributed by atoms with Gasteiger partial charge in [0.2, 0.25) is 0 Å². The van der Waals surface area contributed by atoms with Gasteiger partial charge in [0.05, 0.1) is 11.6 Å². The van der Waals surface area contributed by atoms with Gasteiger partial charge in [-0.1, -0.05) is 25.1 Å². The van der Waals surface area contributed by atoms with Crippen molar-refractivity contribution in [2.75, 3.05) is 6.54 Å². The van der Waals surface area contributed by atoms with E-state index in [9.17, 15) is 9.59 Å². The third-order valence-corrected chi connectivity index (χ3v) is 4.28. The minimum Gasteiger partial charge on any atom is -0.478 e. The molecule has 0 fully saturated rings. The zero-order valence-corrected chi connectivity index (χ0v) is 14.7. The summed E-state index contributed by atoms with van der Waals surface area (Å²) in [5.74, 6) is -0.723. The van der Waals surface area contributed by atoms with E-state index >= 15 is 0 Å². The number of rotatable bonds is 6. The molecule has 1 unspecified atom stereocenters. The van der Waals surface area contributed by atoms with Gasteiger partial charge in [-0.05, 0) is 37.6 Å². The molecule has 2 heterocycles. The maximum atomic E-state index is 13.0. The van der Waals surface area contributed by atoms with Crippen LogP contribution in [0.5, 0.6) is 0 Å². The lowest BCUT2D eigenvalue weighted by molar-refractivity contribution is 0.0666. The standard InChI is InChI=1S/C20H20N2O4/c1-3-10-22(19(23)16-11-15(20(24)25)8-9-21-16)13(2)18-12-14-6-4-5-7-17(14)26-18/h4-9,11-13H,3,10H2,1-2H3,(H,24,25). The Morgan fingerprint density at radius 3 is 2.69 bits per heavy atom. The number of amides is 1. The van der Waals surface area contributed by atoms with Crippen molar-refractivity contribution in [2.24, 2.45) is 0 Å². The second-order valence-electron chi connectivity index (χ2n) is 6.10. The van der Waals surface area contributed by atoms with Crippen LogP contribution in [-0.2, 0) is 0 Å². The summed E-state index contributed by atoms with van der Waals surface area (Å²) in [6.07, 6.45) is 2.10. The van der Waals surface area contributed by atoms with Crippen LogP contribution in [0.3, 0.4) is 0 Å². The third kappa shape index (κ3) is 3.44. The SMILES string of the molecule is CCCN(C(=O)c1cc(C(=O)O)ccn1)C(C)c1cc2ccccc2o1. The Bertz CT molecular complexity index is 915. The molecule has 0 aliphatic carbocycles. The fourth-order valence-electron chi connectivity index (χ4n) is 2.90. The zero-order valence-electron chi connectivity index (χ0n) is 14.7. The molecule has 1 amide bonds. The molecule has 0 bridgehead atoms. The number of furan rings is 1. The lowest BCUT2D eigenvalue weighted by Crippen LogP contribution is -2.34. The van der Waals surface area contributed by atoms with Gasteiger partial charge < -0.3 is 14.4 Å². The molecule has 1 aromatic carbocycles. The first-order valence-electron chi connectivity index (χ1n) is 8.50. The molecular weight excluding hydrogens is 332 g/mol. The Balaban J connectivity index is 1.93. The molecule has 2 aromatic heterocycles. The number of fused-ring (bicyclic) bond motifs is 1. The number of pyridine rings is 1. The number of aromatic carboxylic acids is 1. The molecule has 6 heteroatoms. The topological polar surface area (TPSA) is 83.6 Å². The van der Waals surface area contributed by atoms with Gasteiger partial charge >= 0.3 is 5.97 Å². The van der Waals surface area contributed by atoms with Crippen LogP contribution in [0.15, 0.2) is 53.1 Å². The van der Waals surface area contributed by atoms with Crippen molar-refractivity contribution < 1.29 is 19.1 Å². The summed E-state index contributed by atoms with van der Waals surface area (Å²) in [6, 6.07) is 12.0. The number of carboxylic acid groups (broad SMARTS) is 1. The number of aromatic nitrogens is 1. The van der Waals surface area contributed by atoms with E-state index in [1.165, 1.54) is 18.3 Å². The fourth-order valence-corrected chi connectivity index (χ4v) is 2.90. The smallest absolute Gasteiger partial charge is 0.335 e. The Morgan fingerprint density at radius 1 is 1.23 bits per heavy atom. The van der Waals surface area contributed by atoms with Gasteiger partial charge in [0.1, 0.15) is 17.0 Å². The number of carbonyl (C=O) groups excluding carboxylic acids is 1. The highest BCUT2D eigenvalue weighted by atomic mass is 16.4. The largest absolute Gasteiger partial charge is 0.478 e. The molecule has 6 nitrogen and oxygen atoms in total. The quantitative estimate of drug-likeness (QED) is 0.721. The molecule has 26 heavy (non-hydrogen) atoms. The summed E-state index contributed by atoms with van der Waals surface area (Å²) in [5.41, 5.74) is 0.918. The summed E-state index contributed by atoms with van der Waals surface area (Å²) >= 11 is 0. The molecule has 3 aromatic rings. The van der Waals surface area contributed by atoms with E-state index in [1.54, 1.807) is 4.90 Å². The van der Waals surface area contributed by atoms with Crippen molar-refractivity contribution in [1.29, 1.82) is 0 Å². The third-order valence-electron chi connectivity index (χ3n) is 4.28. The zero-order chi connectivity index (χ0) is 18.7. The van der Waals surface area contributed by atoms with Gasteiger partial charge in [-0.25, -0.2) is 4.79 Å². The highest BCUT2D eigenvalue weighted by Gasteiger charge is 2.26. The molecule has 0 saturated carbocycles. The molecular formula is C20H20N2O4. The number of carboxylic acids is 1. The van der Waals surface area contributed by atoms with Crippen LogP contribution in [0.2, 0.25) is 0 Å². The van der Waals surface area contributed by atoms with Crippen LogP contribution >= 0.6 is 0 Å². The maximum absolute atomic E-state index is 13.0. The van der Waals surface area contributed by atoms with Crippen molar-refractivity contribution in [1.82, 2.24) is 9.88 Å². The predicted molar refractivity (Wildman–Crippen MR) is 97.2 cm³/mol. The highest BCUT2D eigenvalue weighted by molar-refractivity contribution is 5.96. The van der Waals surface area contributed by atoms with Gasteiger partial charge in [0.15, 0.2) is 0 Å². The van der Waals surface area contributed by atoms with E-state index in [1.807, 2.05) is 44.2 Å². The summed E-state index contributed by atoms with van der Waals surface area (Å²) < 4.78 is 5.90. The number of benzene rings is 1. The number of hydrogen-bond acceptors (Lipinski definition) is 4. The number of carbonyl (C=O) groups is 2. The van der Waals surface area contributed by atoms with E-state index < -0.39 is 5.97 Å². The molecule has 1 atom stereocenters. The van der Waals surface area contributed by atoms with Crippen molar-refractivity contribution in [3.63, 3.8) is 0 Å². The second-order valence-corrected chi connectivity index (χ2v) is 6.10. The predicted octanol–water partition coefficient (Wildman–Crippen LogP) is 4.14. The van der Waals surface area contributed by atoms with E-state index in [0.29, 0.717) is 12.3 Å². The molecule has 134 valence electrons. The molecule has 3 rings (SSSR count). The Hall–Kier alpha value is -3.15. The normalized spacial score (nSPS) is 12.1. The van der Waals surface area contributed by atoms with Crippen LogP contribution in [-0.4, -0.2) is 33.4 Å². The van der Waals surface area contributed by atoms with E-state index in [2.05, 4.69) is 4.98 Å². The molecule has 0 aliphatic rings.